The van der Waals surface area contributed by atoms with Crippen molar-refractivity contribution >= 4 is 11.8 Å². The summed E-state index contributed by atoms with van der Waals surface area (Å²) in [5, 5.41) is 3.20. The molecule has 0 spiro atoms. The highest BCUT2D eigenvalue weighted by molar-refractivity contribution is 5.89. The minimum absolute atomic E-state index is 0.0336. The number of hydrogen-bond acceptors (Lipinski definition) is 3. The van der Waals surface area contributed by atoms with E-state index in [1.54, 1.807) is 11.2 Å². The quantitative estimate of drug-likeness (QED) is 0.928. The molecule has 1 aliphatic carbocycles. The second-order valence-corrected chi connectivity index (χ2v) is 7.14. The van der Waals surface area contributed by atoms with Crippen molar-refractivity contribution in [3.05, 3.63) is 24.2 Å². The Hall–Kier alpha value is -1.78. The Labute approximate surface area is 137 Å². The average Bonchev–Trinajstić information content (AvgIpc) is 3.15. The second-order valence-electron chi connectivity index (χ2n) is 7.14. The maximum absolute atomic E-state index is 12.5. The van der Waals surface area contributed by atoms with Crippen molar-refractivity contribution in [2.45, 2.75) is 52.1 Å². The van der Waals surface area contributed by atoms with E-state index < -0.39 is 0 Å². The number of likely N-dealkylation sites (tertiary alicyclic amines) is 1. The van der Waals surface area contributed by atoms with Crippen molar-refractivity contribution in [2.24, 2.45) is 17.8 Å². The number of rotatable bonds is 4. The zero-order chi connectivity index (χ0) is 16.4. The normalized spacial score (nSPS) is 31.4. The molecular formula is C18H26N2O3. The predicted octanol–water partition coefficient (Wildman–Crippen LogP) is 2.57. The largest absolute Gasteiger partial charge is 0.467 e. The maximum Gasteiger partial charge on any atom is 0.225 e. The predicted molar refractivity (Wildman–Crippen MR) is 86.3 cm³/mol. The van der Waals surface area contributed by atoms with E-state index in [0.717, 1.165) is 12.2 Å². The summed E-state index contributed by atoms with van der Waals surface area (Å²) >= 11 is 0. The van der Waals surface area contributed by atoms with Gasteiger partial charge in [-0.25, -0.2) is 0 Å². The molecule has 1 N–H and O–H groups in total. The van der Waals surface area contributed by atoms with E-state index >= 15 is 0 Å². The van der Waals surface area contributed by atoms with Gasteiger partial charge in [0.25, 0.3) is 0 Å². The maximum atomic E-state index is 12.5. The highest BCUT2D eigenvalue weighted by Crippen LogP contribution is 2.30. The van der Waals surface area contributed by atoms with E-state index in [1.807, 2.05) is 12.1 Å². The first-order chi connectivity index (χ1) is 11.0. The van der Waals surface area contributed by atoms with Gasteiger partial charge in [0.1, 0.15) is 5.76 Å². The average molecular weight is 318 g/mol. The molecule has 2 fully saturated rings. The number of carbonyl (C=O) groups excluding carboxylic acids is 2. The molecule has 1 aromatic heterocycles. The fourth-order valence-corrected chi connectivity index (χ4v) is 3.78. The van der Waals surface area contributed by atoms with E-state index in [0.29, 0.717) is 31.3 Å². The molecule has 5 heteroatoms. The standard InChI is InChI=1S/C18H26N2O3/c1-12-5-3-7-16(13(12)2)19-18(22)14-9-17(21)20(10-14)11-15-6-4-8-23-15/h4,6,8,12-14,16H,3,5,7,9-11H2,1-2H3,(H,19,22). The van der Waals surface area contributed by atoms with Gasteiger partial charge in [0, 0.05) is 19.0 Å². The smallest absolute Gasteiger partial charge is 0.225 e. The molecule has 1 aromatic rings. The molecule has 23 heavy (non-hydrogen) atoms. The monoisotopic (exact) mass is 318 g/mol. The summed E-state index contributed by atoms with van der Waals surface area (Å²) in [5.74, 6) is 1.74. The van der Waals surface area contributed by atoms with Crippen LogP contribution >= 0.6 is 0 Å². The van der Waals surface area contributed by atoms with Gasteiger partial charge in [0.05, 0.1) is 18.7 Å². The Morgan fingerprint density at radius 1 is 1.39 bits per heavy atom. The van der Waals surface area contributed by atoms with Crippen molar-refractivity contribution in [3.63, 3.8) is 0 Å². The Morgan fingerprint density at radius 2 is 2.22 bits per heavy atom. The first-order valence-electron chi connectivity index (χ1n) is 8.65. The molecular weight excluding hydrogens is 292 g/mol. The van der Waals surface area contributed by atoms with Gasteiger partial charge in [-0.05, 0) is 30.4 Å². The van der Waals surface area contributed by atoms with Crippen LogP contribution in [0.25, 0.3) is 0 Å². The molecule has 5 nitrogen and oxygen atoms in total. The molecule has 0 bridgehead atoms. The summed E-state index contributed by atoms with van der Waals surface area (Å²) < 4.78 is 5.29. The summed E-state index contributed by atoms with van der Waals surface area (Å²) in [6, 6.07) is 3.91. The summed E-state index contributed by atoms with van der Waals surface area (Å²) in [4.78, 5) is 26.4. The Kier molecular flexibility index (Phi) is 4.74. The van der Waals surface area contributed by atoms with Crippen LogP contribution in [0.1, 0.15) is 45.3 Å². The van der Waals surface area contributed by atoms with Crippen molar-refractivity contribution < 1.29 is 14.0 Å². The number of nitrogens with one attached hydrogen (secondary N) is 1. The lowest BCUT2D eigenvalue weighted by Crippen LogP contribution is -2.46. The molecule has 1 saturated heterocycles. The molecule has 2 aliphatic rings. The van der Waals surface area contributed by atoms with Gasteiger partial charge in [-0.2, -0.15) is 0 Å². The topological polar surface area (TPSA) is 62.6 Å². The summed E-state index contributed by atoms with van der Waals surface area (Å²) in [7, 11) is 0. The fourth-order valence-electron chi connectivity index (χ4n) is 3.78. The van der Waals surface area contributed by atoms with Crippen LogP contribution in [0.3, 0.4) is 0 Å². The van der Waals surface area contributed by atoms with Crippen molar-refractivity contribution in [1.82, 2.24) is 10.2 Å². The lowest BCUT2D eigenvalue weighted by atomic mass is 9.78. The lowest BCUT2D eigenvalue weighted by Gasteiger charge is -2.35. The van der Waals surface area contributed by atoms with Gasteiger partial charge in [-0.15, -0.1) is 0 Å². The van der Waals surface area contributed by atoms with Crippen LogP contribution < -0.4 is 5.32 Å². The Morgan fingerprint density at radius 3 is 2.96 bits per heavy atom. The second kappa shape index (κ2) is 6.77. The van der Waals surface area contributed by atoms with Crippen molar-refractivity contribution in [1.29, 1.82) is 0 Å². The Bertz CT molecular complexity index is 555. The highest BCUT2D eigenvalue weighted by atomic mass is 16.3. The minimum Gasteiger partial charge on any atom is -0.467 e. The third-order valence-electron chi connectivity index (χ3n) is 5.55. The first-order valence-corrected chi connectivity index (χ1v) is 8.65. The van der Waals surface area contributed by atoms with Crippen LogP contribution in [-0.2, 0) is 16.1 Å². The molecule has 2 amide bonds. The molecule has 4 atom stereocenters. The summed E-state index contributed by atoms with van der Waals surface area (Å²) in [5.41, 5.74) is 0. The summed E-state index contributed by atoms with van der Waals surface area (Å²) in [6.45, 7) is 5.42. The van der Waals surface area contributed by atoms with Gasteiger partial charge in [-0.1, -0.05) is 26.7 Å². The first kappa shape index (κ1) is 16.1. The van der Waals surface area contributed by atoms with Crippen LogP contribution in [0.5, 0.6) is 0 Å². The zero-order valence-corrected chi connectivity index (χ0v) is 14.0. The molecule has 1 saturated carbocycles. The van der Waals surface area contributed by atoms with Gasteiger partial charge >= 0.3 is 0 Å². The van der Waals surface area contributed by atoms with Crippen molar-refractivity contribution in [2.75, 3.05) is 6.54 Å². The SMILES string of the molecule is CC1CCCC(NC(=O)C2CC(=O)N(Cc3ccco3)C2)C1C. The van der Waals surface area contributed by atoms with E-state index in [2.05, 4.69) is 19.2 Å². The minimum atomic E-state index is -0.234. The molecule has 0 aromatic carbocycles. The third kappa shape index (κ3) is 3.59. The van der Waals surface area contributed by atoms with Gasteiger partial charge < -0.3 is 14.6 Å². The van der Waals surface area contributed by atoms with E-state index in [-0.39, 0.29) is 23.8 Å². The van der Waals surface area contributed by atoms with E-state index in [1.165, 1.54) is 12.8 Å². The highest BCUT2D eigenvalue weighted by Gasteiger charge is 2.36. The number of nitrogens with zero attached hydrogens (tertiary/aromatic N) is 1. The van der Waals surface area contributed by atoms with Crippen LogP contribution in [0.15, 0.2) is 22.8 Å². The lowest BCUT2D eigenvalue weighted by molar-refractivity contribution is -0.129. The Balaban J connectivity index is 1.55. The van der Waals surface area contributed by atoms with Gasteiger partial charge in [-0.3, -0.25) is 9.59 Å². The molecule has 1 aliphatic heterocycles. The molecule has 3 rings (SSSR count). The molecule has 126 valence electrons. The van der Waals surface area contributed by atoms with E-state index in [4.69, 9.17) is 4.42 Å². The summed E-state index contributed by atoms with van der Waals surface area (Å²) in [6.07, 6.45) is 5.37. The molecule has 0 radical (unpaired) electrons. The molecule has 4 unspecified atom stereocenters. The van der Waals surface area contributed by atoms with E-state index in [9.17, 15) is 9.59 Å². The number of furan rings is 1. The fraction of sp³-hybridized carbons (Fsp3) is 0.667. The zero-order valence-electron chi connectivity index (χ0n) is 14.0. The van der Waals surface area contributed by atoms with Crippen LogP contribution in [0, 0.1) is 17.8 Å². The number of hydrogen-bond donors (Lipinski definition) is 1. The van der Waals surface area contributed by atoms with Crippen LogP contribution in [-0.4, -0.2) is 29.3 Å². The van der Waals surface area contributed by atoms with Gasteiger partial charge in [0.2, 0.25) is 11.8 Å². The van der Waals surface area contributed by atoms with Crippen LogP contribution in [0.4, 0.5) is 0 Å². The number of amides is 2. The van der Waals surface area contributed by atoms with Crippen molar-refractivity contribution in [3.8, 4) is 0 Å². The van der Waals surface area contributed by atoms with Crippen LogP contribution in [0.2, 0.25) is 0 Å². The number of carbonyl (C=O) groups is 2. The molecule has 2 heterocycles. The third-order valence-corrected chi connectivity index (χ3v) is 5.55. The van der Waals surface area contributed by atoms with Gasteiger partial charge in [0.15, 0.2) is 0 Å².